The van der Waals surface area contributed by atoms with Gasteiger partial charge in [-0.15, -0.1) is 0 Å². The molecule has 23 heavy (non-hydrogen) atoms. The standard InChI is InChI=1S/C15H15ClO5S2/c16-23(19,20)15(13-7-3-1-4-8-13)11-12-22(17,18)21-14-9-5-2-6-10-14/h1-10,15H,11-12H2. The minimum Gasteiger partial charge on any atom is -0.382 e. The van der Waals surface area contributed by atoms with Crippen molar-refractivity contribution in [2.45, 2.75) is 11.7 Å². The van der Waals surface area contributed by atoms with Crippen LogP contribution in [-0.4, -0.2) is 22.6 Å². The molecule has 124 valence electrons. The second-order valence-electron chi connectivity index (χ2n) is 4.82. The fraction of sp³-hybridized carbons (Fsp3) is 0.200. The van der Waals surface area contributed by atoms with Crippen molar-refractivity contribution in [3.8, 4) is 5.75 Å². The molecule has 5 nitrogen and oxygen atoms in total. The molecular weight excluding hydrogens is 360 g/mol. The van der Waals surface area contributed by atoms with E-state index in [1.165, 1.54) is 12.1 Å². The molecule has 0 fully saturated rings. The Hall–Kier alpha value is -1.57. The van der Waals surface area contributed by atoms with Crippen molar-refractivity contribution < 1.29 is 21.0 Å². The van der Waals surface area contributed by atoms with Crippen molar-refractivity contribution in [1.29, 1.82) is 0 Å². The average molecular weight is 375 g/mol. The second-order valence-corrected chi connectivity index (χ2v) is 9.32. The molecule has 2 rings (SSSR count). The molecule has 0 spiro atoms. The fourth-order valence-electron chi connectivity index (χ4n) is 2.05. The van der Waals surface area contributed by atoms with Gasteiger partial charge in [0.2, 0.25) is 9.05 Å². The first-order valence-corrected chi connectivity index (χ1v) is 10.7. The van der Waals surface area contributed by atoms with E-state index >= 15 is 0 Å². The summed E-state index contributed by atoms with van der Waals surface area (Å²) >= 11 is 0. The first kappa shape index (κ1) is 17.8. The monoisotopic (exact) mass is 374 g/mol. The lowest BCUT2D eigenvalue weighted by Gasteiger charge is -2.14. The molecule has 2 aromatic carbocycles. The molecule has 2 aromatic rings. The Morgan fingerprint density at radius 1 is 0.870 bits per heavy atom. The van der Waals surface area contributed by atoms with Crippen LogP contribution in [0.25, 0.3) is 0 Å². The molecule has 8 heteroatoms. The number of rotatable bonds is 7. The Labute approximate surface area is 140 Å². The van der Waals surface area contributed by atoms with E-state index in [-0.39, 0.29) is 12.2 Å². The van der Waals surface area contributed by atoms with Crippen molar-refractivity contribution in [3.63, 3.8) is 0 Å². The summed E-state index contributed by atoms with van der Waals surface area (Å²) in [4.78, 5) is 0. The Balaban J connectivity index is 2.12. The van der Waals surface area contributed by atoms with E-state index in [0.717, 1.165) is 0 Å². The lowest BCUT2D eigenvalue weighted by Crippen LogP contribution is -2.18. The van der Waals surface area contributed by atoms with Gasteiger partial charge >= 0.3 is 10.1 Å². The quantitative estimate of drug-likeness (QED) is 0.549. The molecule has 0 bridgehead atoms. The minimum absolute atomic E-state index is 0.178. The van der Waals surface area contributed by atoms with Crippen LogP contribution in [0.15, 0.2) is 60.7 Å². The number of para-hydroxylation sites is 1. The molecule has 0 amide bonds. The predicted octanol–water partition coefficient (Wildman–Crippen LogP) is 3.10. The van der Waals surface area contributed by atoms with Gasteiger partial charge in [0.25, 0.3) is 0 Å². The van der Waals surface area contributed by atoms with E-state index in [1.54, 1.807) is 48.5 Å². The summed E-state index contributed by atoms with van der Waals surface area (Å²) < 4.78 is 52.4. The third-order valence-electron chi connectivity index (χ3n) is 3.11. The van der Waals surface area contributed by atoms with Gasteiger partial charge in [0.1, 0.15) is 11.0 Å². The van der Waals surface area contributed by atoms with Crippen LogP contribution in [0.3, 0.4) is 0 Å². The lowest BCUT2D eigenvalue weighted by atomic mass is 10.1. The van der Waals surface area contributed by atoms with E-state index in [2.05, 4.69) is 0 Å². The van der Waals surface area contributed by atoms with Gasteiger partial charge in [-0.05, 0) is 24.1 Å². The van der Waals surface area contributed by atoms with Gasteiger partial charge in [0.05, 0.1) is 5.75 Å². The molecular formula is C15H15ClO5S2. The third kappa shape index (κ3) is 5.53. The van der Waals surface area contributed by atoms with Crippen LogP contribution < -0.4 is 4.18 Å². The predicted molar refractivity (Wildman–Crippen MR) is 89.4 cm³/mol. The van der Waals surface area contributed by atoms with Crippen LogP contribution in [0.2, 0.25) is 0 Å². The molecule has 0 radical (unpaired) electrons. The summed E-state index contributed by atoms with van der Waals surface area (Å²) in [5.74, 6) is -0.287. The summed E-state index contributed by atoms with van der Waals surface area (Å²) in [5, 5.41) is -1.11. The number of benzene rings is 2. The fourth-order valence-corrected chi connectivity index (χ4v) is 4.67. The van der Waals surface area contributed by atoms with Crippen molar-refractivity contribution in [2.24, 2.45) is 0 Å². The normalized spacial score (nSPS) is 13.4. The molecule has 0 aliphatic rings. The summed E-state index contributed by atoms with van der Waals surface area (Å²) in [5.41, 5.74) is 0.442. The van der Waals surface area contributed by atoms with Crippen LogP contribution in [0.4, 0.5) is 0 Å². The topological polar surface area (TPSA) is 77.5 Å². The zero-order valence-corrected chi connectivity index (χ0v) is 14.4. The first-order valence-electron chi connectivity index (χ1n) is 6.73. The first-order chi connectivity index (χ1) is 10.8. The van der Waals surface area contributed by atoms with E-state index in [0.29, 0.717) is 5.56 Å². The molecule has 0 saturated carbocycles. The van der Waals surface area contributed by atoms with Crippen molar-refractivity contribution >= 4 is 29.9 Å². The van der Waals surface area contributed by atoms with Gasteiger partial charge in [0.15, 0.2) is 0 Å². The van der Waals surface area contributed by atoms with Crippen LogP contribution in [-0.2, 0) is 19.2 Å². The van der Waals surface area contributed by atoms with E-state index in [9.17, 15) is 16.8 Å². The van der Waals surface area contributed by atoms with Crippen LogP contribution in [0.1, 0.15) is 17.2 Å². The molecule has 0 aliphatic carbocycles. The zero-order valence-electron chi connectivity index (χ0n) is 12.0. The van der Waals surface area contributed by atoms with Crippen molar-refractivity contribution in [1.82, 2.24) is 0 Å². The molecule has 0 aliphatic heterocycles. The molecule has 0 saturated heterocycles. The van der Waals surface area contributed by atoms with Crippen LogP contribution in [0, 0.1) is 0 Å². The third-order valence-corrected chi connectivity index (χ3v) is 6.12. The van der Waals surface area contributed by atoms with Gasteiger partial charge in [0, 0.05) is 10.7 Å². The Kier molecular flexibility index (Phi) is 5.67. The van der Waals surface area contributed by atoms with Crippen LogP contribution >= 0.6 is 10.7 Å². The highest BCUT2D eigenvalue weighted by atomic mass is 35.7. The molecule has 0 N–H and O–H groups in total. The zero-order chi connectivity index (χ0) is 16.9. The van der Waals surface area contributed by atoms with Gasteiger partial charge in [-0.2, -0.15) is 8.42 Å². The van der Waals surface area contributed by atoms with Gasteiger partial charge in [-0.3, -0.25) is 0 Å². The van der Waals surface area contributed by atoms with Gasteiger partial charge in [-0.25, -0.2) is 8.42 Å². The number of hydrogen-bond donors (Lipinski definition) is 0. The summed E-state index contributed by atoms with van der Waals surface area (Å²) in [6, 6.07) is 16.3. The summed E-state index contributed by atoms with van der Waals surface area (Å²) in [6.07, 6.45) is -0.189. The highest BCUT2D eigenvalue weighted by Crippen LogP contribution is 2.29. The Bertz CT molecular complexity index is 834. The van der Waals surface area contributed by atoms with Crippen molar-refractivity contribution in [3.05, 3.63) is 66.2 Å². The maximum atomic E-state index is 12.0. The highest BCUT2D eigenvalue weighted by molar-refractivity contribution is 8.13. The number of hydrogen-bond acceptors (Lipinski definition) is 5. The maximum Gasteiger partial charge on any atom is 0.309 e. The van der Waals surface area contributed by atoms with Gasteiger partial charge in [-0.1, -0.05) is 48.5 Å². The van der Waals surface area contributed by atoms with E-state index in [1.807, 2.05) is 0 Å². The summed E-state index contributed by atoms with van der Waals surface area (Å²) in [6.45, 7) is 0. The molecule has 1 atom stereocenters. The SMILES string of the molecule is O=S(=O)(CCC(c1ccccc1)S(=O)(=O)Cl)Oc1ccccc1. The van der Waals surface area contributed by atoms with Crippen molar-refractivity contribution in [2.75, 3.05) is 5.75 Å². The lowest BCUT2D eigenvalue weighted by molar-refractivity contribution is 0.483. The van der Waals surface area contributed by atoms with Crippen LogP contribution in [0.5, 0.6) is 5.75 Å². The number of halogens is 1. The Morgan fingerprint density at radius 3 is 1.91 bits per heavy atom. The second kappa shape index (κ2) is 7.33. The smallest absolute Gasteiger partial charge is 0.309 e. The highest BCUT2D eigenvalue weighted by Gasteiger charge is 2.27. The van der Waals surface area contributed by atoms with E-state index in [4.69, 9.17) is 14.9 Å². The minimum atomic E-state index is -3.96. The molecule has 0 heterocycles. The Morgan fingerprint density at radius 2 is 1.39 bits per heavy atom. The largest absolute Gasteiger partial charge is 0.382 e. The van der Waals surface area contributed by atoms with E-state index < -0.39 is 30.2 Å². The summed E-state index contributed by atoms with van der Waals surface area (Å²) in [7, 11) is -2.42. The molecule has 1 unspecified atom stereocenters. The maximum absolute atomic E-state index is 12.0. The van der Waals surface area contributed by atoms with Gasteiger partial charge < -0.3 is 4.18 Å². The average Bonchev–Trinajstić information content (AvgIpc) is 2.47. The molecule has 0 aromatic heterocycles.